The fourth-order valence-corrected chi connectivity index (χ4v) is 19.6. The Kier molecular flexibility index (Phi) is 13.2. The first kappa shape index (κ1) is 43.4. The van der Waals surface area contributed by atoms with Crippen molar-refractivity contribution in [1.29, 1.82) is 0 Å². The van der Waals surface area contributed by atoms with E-state index in [0.717, 1.165) is 145 Å². The smallest absolute Gasteiger partial charge is 0.0611 e. The summed E-state index contributed by atoms with van der Waals surface area (Å²) in [4.78, 5) is 0. The van der Waals surface area contributed by atoms with Crippen LogP contribution >= 0.6 is 0 Å². The van der Waals surface area contributed by atoms with Gasteiger partial charge < -0.3 is 18.9 Å². The van der Waals surface area contributed by atoms with E-state index < -0.39 is 0 Å². The molecule has 15 aliphatic rings. The number of hydrogen-bond donors (Lipinski definition) is 0. The molecule has 15 rings (SSSR count). The average Bonchev–Trinajstić information content (AvgIpc) is 4.11. The molecule has 10 bridgehead atoms. The lowest BCUT2D eigenvalue weighted by Gasteiger charge is -2.31. The van der Waals surface area contributed by atoms with Crippen molar-refractivity contribution in [2.75, 3.05) is 26.4 Å². The van der Waals surface area contributed by atoms with Crippen molar-refractivity contribution >= 4 is 0 Å². The van der Waals surface area contributed by atoms with Gasteiger partial charge >= 0.3 is 0 Å². The van der Waals surface area contributed by atoms with E-state index in [9.17, 15) is 0 Å². The summed E-state index contributed by atoms with van der Waals surface area (Å²) in [5.74, 6) is 19.7. The van der Waals surface area contributed by atoms with Crippen LogP contribution in [-0.4, -0.2) is 50.8 Å². The first-order chi connectivity index (χ1) is 30.5. The van der Waals surface area contributed by atoms with E-state index in [1.54, 1.807) is 0 Å². The molecule has 11 saturated carbocycles. The Morgan fingerprint density at radius 2 is 0.694 bits per heavy atom. The molecule has 0 heterocycles. The molecule has 15 aliphatic carbocycles. The van der Waals surface area contributed by atoms with Crippen molar-refractivity contribution in [2.24, 2.45) is 118 Å². The first-order valence-corrected chi connectivity index (χ1v) is 27.7. The molecule has 0 aromatic heterocycles. The van der Waals surface area contributed by atoms with Gasteiger partial charge in [-0.25, -0.2) is 0 Å². The second kappa shape index (κ2) is 18.8. The molecule has 0 aromatic rings. The molecule has 62 heavy (non-hydrogen) atoms. The van der Waals surface area contributed by atoms with E-state index in [0.29, 0.717) is 24.4 Å². The highest BCUT2D eigenvalue weighted by Crippen LogP contribution is 2.62. The zero-order valence-electron chi connectivity index (χ0n) is 39.7. The second-order valence-electron chi connectivity index (χ2n) is 23.7. The van der Waals surface area contributed by atoms with Crippen LogP contribution in [0.2, 0.25) is 0 Å². The molecule has 0 saturated heterocycles. The molecule has 24 atom stereocenters. The third-order valence-electron chi connectivity index (χ3n) is 21.6. The standard InChI is InChI=1S/2C12H20O.2C12H18O.C10H12/c4*1-2-13-12-7-8-6-11(12)10-5-3-4-9(8)10;1-2-9-7-4-5-8(6-7)10(9)3-1/h2*8-12H,2-7H2,1H3;2*3,5,8-12H,2,4,6-7H2,1H3;1-2,4-5,7-10H,3,6H2/t8-,9+,10+,11-,12?;8-,9-,10-,11-,12?;8-,9+,10+,11-,12?;8-,9-,10-,11-,12?;7-,8+,9-,10+/m11111/s1. The molecule has 0 spiro atoms. The van der Waals surface area contributed by atoms with Crippen molar-refractivity contribution in [3.05, 3.63) is 48.6 Å². The van der Waals surface area contributed by atoms with Crippen molar-refractivity contribution < 1.29 is 18.9 Å². The van der Waals surface area contributed by atoms with Gasteiger partial charge in [0, 0.05) is 26.4 Å². The van der Waals surface area contributed by atoms with Gasteiger partial charge in [-0.05, 0) is 249 Å². The normalized spacial score (nSPS) is 52.6. The number of rotatable bonds is 8. The highest BCUT2D eigenvalue weighted by atomic mass is 16.5. The van der Waals surface area contributed by atoms with Crippen molar-refractivity contribution in [3.63, 3.8) is 0 Å². The summed E-state index contributed by atoms with van der Waals surface area (Å²) in [5.41, 5.74) is 0. The van der Waals surface area contributed by atoms with Crippen LogP contribution in [-0.2, 0) is 18.9 Å². The van der Waals surface area contributed by atoms with E-state index >= 15 is 0 Å². The summed E-state index contributed by atoms with van der Waals surface area (Å²) >= 11 is 0. The molecular formula is C58H88O4. The number of ether oxygens (including phenoxy) is 4. The Hall–Kier alpha value is -1.20. The molecule has 11 fully saturated rings. The zero-order valence-corrected chi connectivity index (χ0v) is 39.7. The van der Waals surface area contributed by atoms with E-state index in [1.165, 1.54) is 116 Å². The van der Waals surface area contributed by atoms with Crippen molar-refractivity contribution in [3.8, 4) is 0 Å². The lowest BCUT2D eigenvalue weighted by atomic mass is 9.80. The Morgan fingerprint density at radius 1 is 0.323 bits per heavy atom. The molecule has 4 heteroatoms. The molecule has 4 unspecified atom stereocenters. The van der Waals surface area contributed by atoms with E-state index in [4.69, 9.17) is 18.9 Å². The number of hydrogen-bond acceptors (Lipinski definition) is 4. The average molecular weight is 849 g/mol. The number of allylic oxidation sites excluding steroid dienone is 8. The minimum Gasteiger partial charge on any atom is -0.378 e. The van der Waals surface area contributed by atoms with Gasteiger partial charge in [0.05, 0.1) is 24.4 Å². The summed E-state index contributed by atoms with van der Waals surface area (Å²) in [6, 6.07) is 0. The highest BCUT2D eigenvalue weighted by Gasteiger charge is 2.56. The summed E-state index contributed by atoms with van der Waals surface area (Å²) in [5, 5.41) is 0. The molecular weight excluding hydrogens is 761 g/mol. The Balaban J connectivity index is 0.0000000873. The molecule has 0 radical (unpaired) electrons. The Labute approximate surface area is 378 Å². The summed E-state index contributed by atoms with van der Waals surface area (Å²) in [7, 11) is 0. The Morgan fingerprint density at radius 3 is 1.15 bits per heavy atom. The predicted molar refractivity (Wildman–Crippen MR) is 251 cm³/mol. The van der Waals surface area contributed by atoms with Gasteiger partial charge in [0.15, 0.2) is 0 Å². The van der Waals surface area contributed by atoms with Crippen LogP contribution in [0.4, 0.5) is 0 Å². The van der Waals surface area contributed by atoms with Crippen LogP contribution in [0, 0.1) is 118 Å². The lowest BCUT2D eigenvalue weighted by molar-refractivity contribution is -0.00395. The summed E-state index contributed by atoms with van der Waals surface area (Å²) in [6.45, 7) is 12.2. The van der Waals surface area contributed by atoms with Gasteiger partial charge in [-0.15, -0.1) is 0 Å². The van der Waals surface area contributed by atoms with Crippen LogP contribution < -0.4 is 0 Å². The zero-order chi connectivity index (χ0) is 41.9. The minimum absolute atomic E-state index is 0.596. The third-order valence-corrected chi connectivity index (χ3v) is 21.6. The predicted octanol–water partition coefficient (Wildman–Crippen LogP) is 13.3. The second-order valence-corrected chi connectivity index (χ2v) is 23.7. The molecule has 0 amide bonds. The minimum atomic E-state index is 0.596. The molecule has 0 aromatic carbocycles. The first-order valence-electron chi connectivity index (χ1n) is 27.7. The quantitative estimate of drug-likeness (QED) is 0.228. The van der Waals surface area contributed by atoms with E-state index in [2.05, 4.69) is 76.3 Å². The van der Waals surface area contributed by atoms with E-state index in [1.807, 2.05) is 0 Å². The fraction of sp³-hybridized carbons (Fsp3) is 0.862. The van der Waals surface area contributed by atoms with Crippen molar-refractivity contribution in [1.82, 2.24) is 0 Å². The van der Waals surface area contributed by atoms with Gasteiger partial charge in [0.25, 0.3) is 0 Å². The molecule has 0 N–H and O–H groups in total. The van der Waals surface area contributed by atoms with Crippen LogP contribution in [0.1, 0.15) is 143 Å². The van der Waals surface area contributed by atoms with Crippen molar-refractivity contribution in [2.45, 2.75) is 168 Å². The monoisotopic (exact) mass is 849 g/mol. The van der Waals surface area contributed by atoms with Gasteiger partial charge in [-0.1, -0.05) is 61.4 Å². The summed E-state index contributed by atoms with van der Waals surface area (Å²) < 4.78 is 23.3. The van der Waals surface area contributed by atoms with Crippen LogP contribution in [0.15, 0.2) is 48.6 Å². The van der Waals surface area contributed by atoms with Crippen LogP contribution in [0.25, 0.3) is 0 Å². The highest BCUT2D eigenvalue weighted by molar-refractivity contribution is 5.22. The third kappa shape index (κ3) is 7.89. The maximum Gasteiger partial charge on any atom is 0.0611 e. The van der Waals surface area contributed by atoms with Crippen LogP contribution in [0.5, 0.6) is 0 Å². The number of fused-ring (bicyclic) bond motifs is 25. The van der Waals surface area contributed by atoms with Gasteiger partial charge in [0.1, 0.15) is 0 Å². The Bertz CT molecular complexity index is 1530. The van der Waals surface area contributed by atoms with Gasteiger partial charge in [-0.3, -0.25) is 0 Å². The molecule has 0 aliphatic heterocycles. The molecule has 4 nitrogen and oxygen atoms in total. The SMILES string of the molecule is C1=C[C@H]2[C@@H](C1)[C@H]1C=C[C@@H]2C1.CCOC1C[C@H]2C[C@@H]1[C@@H]1C=CC[C@H]21.CCOC1C[C@H]2C[C@@H]1[C@@H]1CCC[C@H]21.CCOC1C[C@H]2C[C@@H]1[C@H]1C=CC[C@@H]21.CCOC1C[C@H]2C[C@@H]1[C@H]1CCC[C@@H]21. The largest absolute Gasteiger partial charge is 0.378 e. The lowest BCUT2D eigenvalue weighted by Crippen LogP contribution is -2.30. The maximum absolute atomic E-state index is 5.84. The van der Waals surface area contributed by atoms with Crippen LogP contribution in [0.3, 0.4) is 0 Å². The van der Waals surface area contributed by atoms with E-state index in [-0.39, 0.29) is 0 Å². The fourth-order valence-electron chi connectivity index (χ4n) is 19.6. The van der Waals surface area contributed by atoms with Gasteiger partial charge in [-0.2, -0.15) is 0 Å². The topological polar surface area (TPSA) is 36.9 Å². The van der Waals surface area contributed by atoms with Gasteiger partial charge in [0.2, 0.25) is 0 Å². The summed E-state index contributed by atoms with van der Waals surface area (Å²) in [6.07, 6.45) is 47.9. The molecule has 344 valence electrons. The maximum atomic E-state index is 5.84.